The zero-order valence-electron chi connectivity index (χ0n) is 8.25. The Kier molecular flexibility index (Phi) is 3.32. The third-order valence-electron chi connectivity index (χ3n) is 2.35. The average Bonchev–Trinajstić information content (AvgIpc) is 2.16. The Bertz CT molecular complexity index is 283. The number of hydrogen-bond donors (Lipinski definition) is 2. The van der Waals surface area contributed by atoms with Crippen LogP contribution in [0.3, 0.4) is 0 Å². The molecule has 0 unspecified atom stereocenters. The molecule has 0 heterocycles. The first-order valence-electron chi connectivity index (χ1n) is 4.76. The molecule has 0 amide bonds. The van der Waals surface area contributed by atoms with E-state index in [1.54, 1.807) is 12.1 Å². The zero-order valence-corrected chi connectivity index (χ0v) is 8.25. The zero-order chi connectivity index (χ0) is 9.84. The van der Waals surface area contributed by atoms with Crippen molar-refractivity contribution in [3.05, 3.63) is 29.3 Å². The highest BCUT2D eigenvalue weighted by Gasteiger charge is 2.08. The fraction of sp³-hybridized carbons (Fsp3) is 0.455. The molecule has 0 fully saturated rings. The van der Waals surface area contributed by atoms with Crippen molar-refractivity contribution in [2.75, 3.05) is 0 Å². The highest BCUT2D eigenvalue weighted by Crippen LogP contribution is 2.23. The van der Waals surface area contributed by atoms with Crippen molar-refractivity contribution < 1.29 is 5.11 Å². The smallest absolute Gasteiger partial charge is 0.115 e. The van der Waals surface area contributed by atoms with E-state index in [2.05, 4.69) is 13.8 Å². The van der Waals surface area contributed by atoms with E-state index < -0.39 is 0 Å². The van der Waals surface area contributed by atoms with E-state index in [0.29, 0.717) is 5.75 Å². The van der Waals surface area contributed by atoms with Gasteiger partial charge >= 0.3 is 0 Å². The second-order valence-electron chi connectivity index (χ2n) is 3.25. The van der Waals surface area contributed by atoms with Gasteiger partial charge in [0.2, 0.25) is 0 Å². The predicted molar refractivity (Wildman–Crippen MR) is 54.7 cm³/mol. The molecule has 1 aromatic carbocycles. The Morgan fingerprint density at radius 3 is 2.62 bits per heavy atom. The number of aryl methyl sites for hydroxylation is 1. The van der Waals surface area contributed by atoms with Crippen LogP contribution in [0.25, 0.3) is 0 Å². The molecule has 0 aliphatic heterocycles. The molecule has 2 heteroatoms. The maximum Gasteiger partial charge on any atom is 0.115 e. The fourth-order valence-electron chi connectivity index (χ4n) is 1.48. The van der Waals surface area contributed by atoms with Crippen LogP contribution in [0.4, 0.5) is 0 Å². The standard InChI is InChI=1S/C11H17NO/c1-3-8-7-9(13)5-6-10(8)11(12)4-2/h5-7,11,13H,3-4,12H2,1-2H3/t11-/m1/s1. The van der Waals surface area contributed by atoms with Crippen molar-refractivity contribution in [3.8, 4) is 5.75 Å². The third-order valence-corrected chi connectivity index (χ3v) is 2.35. The normalized spacial score (nSPS) is 12.8. The molecule has 3 N–H and O–H groups in total. The van der Waals surface area contributed by atoms with Crippen LogP contribution in [-0.4, -0.2) is 5.11 Å². The molecule has 0 aliphatic rings. The Labute approximate surface area is 79.4 Å². The number of hydrogen-bond acceptors (Lipinski definition) is 2. The highest BCUT2D eigenvalue weighted by molar-refractivity contribution is 5.36. The monoisotopic (exact) mass is 179 g/mol. The minimum Gasteiger partial charge on any atom is -0.508 e. The summed E-state index contributed by atoms with van der Waals surface area (Å²) in [5.74, 6) is 0.323. The lowest BCUT2D eigenvalue weighted by Gasteiger charge is -2.13. The molecular weight excluding hydrogens is 162 g/mol. The molecule has 1 rings (SSSR count). The lowest BCUT2D eigenvalue weighted by Crippen LogP contribution is -2.10. The minimum atomic E-state index is 0.0931. The second-order valence-corrected chi connectivity index (χ2v) is 3.25. The van der Waals surface area contributed by atoms with Crippen molar-refractivity contribution >= 4 is 0 Å². The van der Waals surface area contributed by atoms with Crippen LogP contribution in [-0.2, 0) is 6.42 Å². The first-order chi connectivity index (χ1) is 6.19. The molecule has 1 aromatic rings. The maximum absolute atomic E-state index is 9.28. The Morgan fingerprint density at radius 1 is 1.38 bits per heavy atom. The topological polar surface area (TPSA) is 46.2 Å². The number of benzene rings is 1. The summed E-state index contributed by atoms with van der Waals surface area (Å²) < 4.78 is 0. The summed E-state index contributed by atoms with van der Waals surface area (Å²) in [6, 6.07) is 5.51. The molecule has 0 aliphatic carbocycles. The van der Waals surface area contributed by atoms with Crippen LogP contribution in [0.1, 0.15) is 37.4 Å². The van der Waals surface area contributed by atoms with E-state index in [1.807, 2.05) is 6.07 Å². The number of aromatic hydroxyl groups is 1. The lowest BCUT2D eigenvalue weighted by atomic mass is 9.97. The summed E-state index contributed by atoms with van der Waals surface area (Å²) in [6.07, 6.45) is 1.84. The molecule has 72 valence electrons. The van der Waals surface area contributed by atoms with Gasteiger partial charge in [-0.05, 0) is 36.1 Å². The highest BCUT2D eigenvalue weighted by atomic mass is 16.3. The molecule has 13 heavy (non-hydrogen) atoms. The number of rotatable bonds is 3. The van der Waals surface area contributed by atoms with Gasteiger partial charge in [0.05, 0.1) is 0 Å². The summed E-state index contributed by atoms with van der Waals surface area (Å²) in [6.45, 7) is 4.14. The molecule has 2 nitrogen and oxygen atoms in total. The van der Waals surface area contributed by atoms with E-state index in [4.69, 9.17) is 5.73 Å². The van der Waals surface area contributed by atoms with Gasteiger partial charge in [-0.1, -0.05) is 19.9 Å². The van der Waals surface area contributed by atoms with Crippen molar-refractivity contribution in [2.45, 2.75) is 32.7 Å². The summed E-state index contributed by atoms with van der Waals surface area (Å²) in [5.41, 5.74) is 8.24. The molecule has 0 aromatic heterocycles. The van der Waals surface area contributed by atoms with Gasteiger partial charge in [-0.25, -0.2) is 0 Å². The summed E-state index contributed by atoms with van der Waals surface area (Å²) in [5, 5.41) is 9.28. The SMILES string of the molecule is CCc1cc(O)ccc1[C@H](N)CC. The van der Waals surface area contributed by atoms with Crippen molar-refractivity contribution in [3.63, 3.8) is 0 Å². The minimum absolute atomic E-state index is 0.0931. The number of nitrogens with two attached hydrogens (primary N) is 1. The van der Waals surface area contributed by atoms with Crippen molar-refractivity contribution in [1.82, 2.24) is 0 Å². The summed E-state index contributed by atoms with van der Waals surface area (Å²) in [4.78, 5) is 0. The van der Waals surface area contributed by atoms with Gasteiger partial charge in [0.25, 0.3) is 0 Å². The van der Waals surface area contributed by atoms with Gasteiger partial charge in [-0.15, -0.1) is 0 Å². The Hall–Kier alpha value is -1.02. The van der Waals surface area contributed by atoms with E-state index in [0.717, 1.165) is 24.0 Å². The van der Waals surface area contributed by atoms with Crippen molar-refractivity contribution in [1.29, 1.82) is 0 Å². The van der Waals surface area contributed by atoms with Crippen molar-refractivity contribution in [2.24, 2.45) is 5.73 Å². The van der Waals surface area contributed by atoms with Gasteiger partial charge in [0, 0.05) is 6.04 Å². The third kappa shape index (κ3) is 2.22. The van der Waals surface area contributed by atoms with E-state index in [1.165, 1.54) is 0 Å². The van der Waals surface area contributed by atoms with Gasteiger partial charge in [-0.3, -0.25) is 0 Å². The molecule has 0 radical (unpaired) electrons. The summed E-state index contributed by atoms with van der Waals surface area (Å²) in [7, 11) is 0. The molecule has 1 atom stereocenters. The van der Waals surface area contributed by atoms with Gasteiger partial charge in [0.15, 0.2) is 0 Å². The first kappa shape index (κ1) is 10.1. The lowest BCUT2D eigenvalue weighted by molar-refractivity contribution is 0.474. The quantitative estimate of drug-likeness (QED) is 0.748. The van der Waals surface area contributed by atoms with Crippen LogP contribution in [0.2, 0.25) is 0 Å². The van der Waals surface area contributed by atoms with E-state index in [9.17, 15) is 5.11 Å². The predicted octanol–water partition coefficient (Wildman–Crippen LogP) is 2.36. The van der Waals surface area contributed by atoms with E-state index >= 15 is 0 Å². The van der Waals surface area contributed by atoms with Gasteiger partial charge < -0.3 is 10.8 Å². The Balaban J connectivity index is 3.05. The molecular formula is C11H17NO. The fourth-order valence-corrected chi connectivity index (χ4v) is 1.48. The molecule has 0 saturated heterocycles. The van der Waals surface area contributed by atoms with Crippen LogP contribution in [0.15, 0.2) is 18.2 Å². The largest absolute Gasteiger partial charge is 0.508 e. The Morgan fingerprint density at radius 2 is 2.08 bits per heavy atom. The number of phenols is 1. The van der Waals surface area contributed by atoms with Crippen LogP contribution < -0.4 is 5.73 Å². The van der Waals surface area contributed by atoms with E-state index in [-0.39, 0.29) is 6.04 Å². The second kappa shape index (κ2) is 4.28. The maximum atomic E-state index is 9.28. The molecule has 0 saturated carbocycles. The molecule has 0 bridgehead atoms. The van der Waals surface area contributed by atoms with Crippen LogP contribution in [0.5, 0.6) is 5.75 Å². The van der Waals surface area contributed by atoms with Crippen LogP contribution in [0, 0.1) is 0 Å². The molecule has 0 spiro atoms. The van der Waals surface area contributed by atoms with Gasteiger partial charge in [0.1, 0.15) is 5.75 Å². The van der Waals surface area contributed by atoms with Crippen LogP contribution >= 0.6 is 0 Å². The summed E-state index contributed by atoms with van der Waals surface area (Å²) >= 11 is 0. The number of phenolic OH excluding ortho intramolecular Hbond substituents is 1. The van der Waals surface area contributed by atoms with Gasteiger partial charge in [-0.2, -0.15) is 0 Å². The average molecular weight is 179 g/mol. The first-order valence-corrected chi connectivity index (χ1v) is 4.76.